The highest BCUT2D eigenvalue weighted by Gasteiger charge is 2.26. The number of phosphoric ester groups is 1. The van der Waals surface area contributed by atoms with Crippen LogP contribution in [0.2, 0.25) is 0 Å². The Morgan fingerprint density at radius 1 is 0.780 bits per heavy atom. The Morgan fingerprint density at radius 3 is 1.73 bits per heavy atom. The van der Waals surface area contributed by atoms with Crippen LogP contribution in [0.5, 0.6) is 0 Å². The molecule has 0 fully saturated rings. The van der Waals surface area contributed by atoms with Crippen LogP contribution < -0.4 is 11.1 Å². The van der Waals surface area contributed by atoms with Gasteiger partial charge in [0.2, 0.25) is 5.91 Å². The van der Waals surface area contributed by atoms with E-state index in [9.17, 15) is 19.4 Å². The summed E-state index contributed by atoms with van der Waals surface area (Å²) in [6.07, 6.45) is 28.4. The maximum Gasteiger partial charge on any atom is 0.472 e. The molecule has 3 unspecified atom stereocenters. The topological polar surface area (TPSA) is 131 Å². The van der Waals surface area contributed by atoms with E-state index < -0.39 is 20.0 Å². The SMILES string of the molecule is CCCCCCC/C=C/C(O)C(COP(=O)(O)OCCN)NC(=O)CCCCCCCCCCCCCCCCC. The van der Waals surface area contributed by atoms with Crippen LogP contribution in [0, 0.1) is 0 Å². The summed E-state index contributed by atoms with van der Waals surface area (Å²) in [6.45, 7) is 4.06. The number of aliphatic hydroxyl groups is 1. The van der Waals surface area contributed by atoms with Gasteiger partial charge in [-0.25, -0.2) is 4.57 Å². The molecule has 0 heterocycles. The second-order valence-corrected chi connectivity index (χ2v) is 12.8. The van der Waals surface area contributed by atoms with Gasteiger partial charge in [0.1, 0.15) is 0 Å². The minimum atomic E-state index is -4.31. The predicted octanol–water partition coefficient (Wildman–Crippen LogP) is 8.10. The highest BCUT2D eigenvalue weighted by atomic mass is 31.2. The van der Waals surface area contributed by atoms with Gasteiger partial charge in [-0.1, -0.05) is 142 Å². The molecule has 3 atom stereocenters. The molecule has 0 aromatic heterocycles. The first-order valence-corrected chi connectivity index (χ1v) is 18.3. The first kappa shape index (κ1) is 40.2. The zero-order valence-corrected chi connectivity index (χ0v) is 27.4. The summed E-state index contributed by atoms with van der Waals surface area (Å²) in [5, 5.41) is 13.4. The molecule has 0 aliphatic rings. The van der Waals surface area contributed by atoms with Crippen molar-refractivity contribution in [2.45, 2.75) is 167 Å². The van der Waals surface area contributed by atoms with Gasteiger partial charge in [-0.3, -0.25) is 13.8 Å². The summed E-state index contributed by atoms with van der Waals surface area (Å²) >= 11 is 0. The monoisotopic (exact) mass is 604 g/mol. The van der Waals surface area contributed by atoms with Crippen LogP contribution in [-0.2, 0) is 18.4 Å². The van der Waals surface area contributed by atoms with Crippen LogP contribution in [0.25, 0.3) is 0 Å². The molecule has 0 bridgehead atoms. The van der Waals surface area contributed by atoms with E-state index in [4.69, 9.17) is 14.8 Å². The molecular formula is C32H65N2O6P. The maximum atomic E-state index is 12.6. The molecule has 0 aromatic rings. The molecule has 9 heteroatoms. The molecule has 0 saturated carbocycles. The number of nitrogens with one attached hydrogen (secondary N) is 1. The molecule has 0 aliphatic heterocycles. The number of carbonyl (C=O) groups is 1. The number of hydrogen-bond acceptors (Lipinski definition) is 6. The normalized spacial score (nSPS) is 14.8. The van der Waals surface area contributed by atoms with Gasteiger partial charge in [0.25, 0.3) is 0 Å². The Bertz CT molecular complexity index is 664. The maximum absolute atomic E-state index is 12.6. The summed E-state index contributed by atoms with van der Waals surface area (Å²) < 4.78 is 21.9. The quantitative estimate of drug-likeness (QED) is 0.0357. The second kappa shape index (κ2) is 29.3. The number of allylic oxidation sites excluding steroid dienone is 1. The van der Waals surface area contributed by atoms with Gasteiger partial charge >= 0.3 is 7.82 Å². The van der Waals surface area contributed by atoms with Gasteiger partial charge in [0.05, 0.1) is 25.4 Å². The van der Waals surface area contributed by atoms with E-state index >= 15 is 0 Å². The summed E-state index contributed by atoms with van der Waals surface area (Å²) in [5.74, 6) is -0.198. The number of unbranched alkanes of at least 4 members (excludes halogenated alkanes) is 19. The molecule has 5 N–H and O–H groups in total. The highest BCUT2D eigenvalue weighted by Crippen LogP contribution is 2.43. The molecule has 0 aliphatic carbocycles. The van der Waals surface area contributed by atoms with Gasteiger partial charge in [-0.2, -0.15) is 0 Å². The summed E-state index contributed by atoms with van der Waals surface area (Å²) in [7, 11) is -4.31. The van der Waals surface area contributed by atoms with E-state index in [0.717, 1.165) is 38.5 Å². The zero-order valence-electron chi connectivity index (χ0n) is 26.5. The molecule has 1 amide bonds. The number of hydrogen-bond donors (Lipinski definition) is 4. The van der Waals surface area contributed by atoms with Crippen molar-refractivity contribution in [3.8, 4) is 0 Å². The van der Waals surface area contributed by atoms with Gasteiger partial charge in [-0.05, 0) is 19.3 Å². The van der Waals surface area contributed by atoms with E-state index in [-0.39, 0.29) is 25.7 Å². The van der Waals surface area contributed by atoms with E-state index in [1.807, 2.05) is 6.08 Å². The summed E-state index contributed by atoms with van der Waals surface area (Å²) in [4.78, 5) is 22.4. The van der Waals surface area contributed by atoms with Crippen molar-refractivity contribution in [2.24, 2.45) is 5.73 Å². The first-order chi connectivity index (χ1) is 19.9. The number of amides is 1. The molecular weight excluding hydrogens is 539 g/mol. The number of rotatable bonds is 31. The summed E-state index contributed by atoms with van der Waals surface area (Å²) in [5.41, 5.74) is 5.32. The smallest absolute Gasteiger partial charge is 0.387 e. The van der Waals surface area contributed by atoms with Crippen LogP contribution in [0.4, 0.5) is 0 Å². The van der Waals surface area contributed by atoms with Crippen molar-refractivity contribution in [3.05, 3.63) is 12.2 Å². The lowest BCUT2D eigenvalue weighted by Gasteiger charge is -2.23. The highest BCUT2D eigenvalue weighted by molar-refractivity contribution is 7.47. The average molecular weight is 605 g/mol. The van der Waals surface area contributed by atoms with Crippen molar-refractivity contribution < 1.29 is 28.4 Å². The first-order valence-electron chi connectivity index (χ1n) is 16.8. The van der Waals surface area contributed by atoms with Gasteiger partial charge in [0, 0.05) is 13.0 Å². The molecule has 0 radical (unpaired) electrons. The Hall–Kier alpha value is -0.760. The van der Waals surface area contributed by atoms with E-state index in [2.05, 4.69) is 19.2 Å². The third-order valence-corrected chi connectivity index (χ3v) is 8.35. The van der Waals surface area contributed by atoms with E-state index in [1.54, 1.807) is 6.08 Å². The predicted molar refractivity (Wildman–Crippen MR) is 171 cm³/mol. The fourth-order valence-corrected chi connectivity index (χ4v) is 5.54. The largest absolute Gasteiger partial charge is 0.472 e. The fraction of sp³-hybridized carbons (Fsp3) is 0.906. The van der Waals surface area contributed by atoms with Crippen LogP contribution in [0.1, 0.15) is 155 Å². The molecule has 41 heavy (non-hydrogen) atoms. The Balaban J connectivity index is 4.24. The molecule has 244 valence electrons. The van der Waals surface area contributed by atoms with Crippen molar-refractivity contribution in [1.82, 2.24) is 5.32 Å². The minimum Gasteiger partial charge on any atom is -0.387 e. The van der Waals surface area contributed by atoms with Crippen LogP contribution in [0.15, 0.2) is 12.2 Å². The number of aliphatic hydroxyl groups excluding tert-OH is 1. The third kappa shape index (κ3) is 27.8. The fourth-order valence-electron chi connectivity index (χ4n) is 4.78. The van der Waals surface area contributed by atoms with Crippen LogP contribution in [0.3, 0.4) is 0 Å². The average Bonchev–Trinajstić information content (AvgIpc) is 2.95. The molecule has 8 nitrogen and oxygen atoms in total. The van der Waals surface area contributed by atoms with Crippen LogP contribution in [-0.4, -0.2) is 47.8 Å². The molecule has 0 rings (SSSR count). The van der Waals surface area contributed by atoms with Gasteiger partial charge in [-0.15, -0.1) is 0 Å². The van der Waals surface area contributed by atoms with Crippen molar-refractivity contribution >= 4 is 13.7 Å². The van der Waals surface area contributed by atoms with Gasteiger partial charge in [0.15, 0.2) is 0 Å². The van der Waals surface area contributed by atoms with Crippen LogP contribution >= 0.6 is 7.82 Å². The lowest BCUT2D eigenvalue weighted by Crippen LogP contribution is -2.45. The van der Waals surface area contributed by atoms with E-state index in [0.29, 0.717) is 6.42 Å². The summed E-state index contributed by atoms with van der Waals surface area (Å²) in [6, 6.07) is -0.850. The second-order valence-electron chi connectivity index (χ2n) is 11.4. The number of nitrogens with two attached hydrogens (primary N) is 1. The van der Waals surface area contributed by atoms with Gasteiger partial charge < -0.3 is 21.1 Å². The number of phosphoric acid groups is 1. The van der Waals surface area contributed by atoms with Crippen molar-refractivity contribution in [3.63, 3.8) is 0 Å². The minimum absolute atomic E-state index is 0.0803. The number of carbonyl (C=O) groups excluding carboxylic acids is 1. The molecule has 0 aromatic carbocycles. The Kier molecular flexibility index (Phi) is 28.8. The third-order valence-electron chi connectivity index (χ3n) is 7.36. The standard InChI is InChI=1S/C32H65N2O6P/c1-3-5-7-9-11-12-13-14-15-16-17-18-20-22-24-26-32(36)34-30(29-40-41(37,38)39-28-27-33)31(35)25-23-21-19-10-8-6-4-2/h23,25,30-31,35H,3-22,24,26-29,33H2,1-2H3,(H,34,36)(H,37,38)/b25-23+. The lowest BCUT2D eigenvalue weighted by molar-refractivity contribution is -0.123. The Morgan fingerprint density at radius 2 is 1.24 bits per heavy atom. The Labute approximate surface area is 252 Å². The lowest BCUT2D eigenvalue weighted by atomic mass is 10.0. The zero-order chi connectivity index (χ0) is 30.4. The van der Waals surface area contributed by atoms with E-state index in [1.165, 1.54) is 96.3 Å². The van der Waals surface area contributed by atoms with Crippen molar-refractivity contribution in [1.29, 1.82) is 0 Å². The molecule has 0 spiro atoms. The van der Waals surface area contributed by atoms with Crippen molar-refractivity contribution in [2.75, 3.05) is 19.8 Å². The molecule has 0 saturated heterocycles.